The zero-order valence-corrected chi connectivity index (χ0v) is 16.3. The molecule has 3 aromatic rings. The van der Waals surface area contributed by atoms with Gasteiger partial charge in [0.25, 0.3) is 5.91 Å². The minimum atomic E-state index is -0.256. The van der Waals surface area contributed by atoms with E-state index in [1.807, 2.05) is 13.8 Å². The van der Waals surface area contributed by atoms with E-state index in [9.17, 15) is 9.59 Å². The van der Waals surface area contributed by atoms with E-state index in [2.05, 4.69) is 15.4 Å². The van der Waals surface area contributed by atoms with E-state index in [0.29, 0.717) is 23.6 Å². The number of ether oxygens (including phenoxy) is 1. The molecule has 0 saturated heterocycles. The number of Topliss-reactive ketones (excluding diaryl/α,β-unsaturated/α-hetero) is 1. The van der Waals surface area contributed by atoms with Gasteiger partial charge in [0.05, 0.1) is 5.69 Å². The molecule has 1 aromatic carbocycles. The van der Waals surface area contributed by atoms with Gasteiger partial charge in [0.1, 0.15) is 12.4 Å². The Kier molecular flexibility index (Phi) is 5.58. The van der Waals surface area contributed by atoms with E-state index in [0.717, 1.165) is 17.0 Å². The topological polar surface area (TPSA) is 101 Å². The highest BCUT2D eigenvalue weighted by molar-refractivity contribution is 5.94. The van der Waals surface area contributed by atoms with Crippen molar-refractivity contribution in [2.45, 2.75) is 33.9 Å². The Balaban J connectivity index is 1.62. The van der Waals surface area contributed by atoms with Crippen molar-refractivity contribution in [3.8, 4) is 5.75 Å². The molecule has 0 atom stereocenters. The van der Waals surface area contributed by atoms with Gasteiger partial charge >= 0.3 is 0 Å². The summed E-state index contributed by atoms with van der Waals surface area (Å²) in [6, 6.07) is 8.44. The second-order valence-corrected chi connectivity index (χ2v) is 6.62. The molecule has 3 rings (SSSR count). The summed E-state index contributed by atoms with van der Waals surface area (Å²) in [7, 11) is 1.70. The molecule has 8 nitrogen and oxygen atoms in total. The Morgan fingerprint density at radius 1 is 1.25 bits per heavy atom. The van der Waals surface area contributed by atoms with E-state index < -0.39 is 0 Å². The lowest BCUT2D eigenvalue weighted by Crippen LogP contribution is -2.26. The monoisotopic (exact) mass is 382 g/mol. The standard InChI is InChI=1S/C20H22N4O4/c1-12-18(13(2)22-21-12)10-24(4)20(26)19-9-17(28-23-19)11-27-16-7-5-6-15(8-16)14(3)25/h5-9H,10-11H2,1-4H3,(H,21,22). The van der Waals surface area contributed by atoms with Crippen LogP contribution in [0.15, 0.2) is 34.9 Å². The average Bonchev–Trinajstić information content (AvgIpc) is 3.28. The fourth-order valence-corrected chi connectivity index (χ4v) is 2.75. The highest BCUT2D eigenvalue weighted by Crippen LogP contribution is 2.17. The summed E-state index contributed by atoms with van der Waals surface area (Å²) in [6.45, 7) is 5.83. The first-order chi connectivity index (χ1) is 13.3. The first-order valence-corrected chi connectivity index (χ1v) is 8.80. The third-order valence-electron chi connectivity index (χ3n) is 4.42. The number of H-pyrrole nitrogens is 1. The Bertz CT molecular complexity index is 986. The van der Waals surface area contributed by atoms with Crippen LogP contribution in [0.5, 0.6) is 5.75 Å². The Labute approximate surface area is 162 Å². The number of carbonyl (C=O) groups excluding carboxylic acids is 2. The van der Waals surface area contributed by atoms with Crippen molar-refractivity contribution in [2.24, 2.45) is 0 Å². The average molecular weight is 382 g/mol. The molecule has 0 bridgehead atoms. The number of aromatic nitrogens is 3. The van der Waals surface area contributed by atoms with Crippen LogP contribution in [-0.4, -0.2) is 39.0 Å². The fourth-order valence-electron chi connectivity index (χ4n) is 2.75. The first-order valence-electron chi connectivity index (χ1n) is 8.80. The number of carbonyl (C=O) groups is 2. The lowest BCUT2D eigenvalue weighted by atomic mass is 10.1. The molecule has 0 saturated carbocycles. The van der Waals surface area contributed by atoms with E-state index in [4.69, 9.17) is 9.26 Å². The lowest BCUT2D eigenvalue weighted by Gasteiger charge is -2.15. The van der Waals surface area contributed by atoms with Crippen LogP contribution in [0.2, 0.25) is 0 Å². The van der Waals surface area contributed by atoms with Crippen LogP contribution in [0.25, 0.3) is 0 Å². The molecule has 0 aliphatic rings. The van der Waals surface area contributed by atoms with Gasteiger partial charge in [-0.2, -0.15) is 5.10 Å². The Morgan fingerprint density at radius 2 is 2.04 bits per heavy atom. The van der Waals surface area contributed by atoms with Crippen molar-refractivity contribution in [1.29, 1.82) is 0 Å². The van der Waals surface area contributed by atoms with Crippen LogP contribution in [0, 0.1) is 13.8 Å². The number of aryl methyl sites for hydroxylation is 2. The highest BCUT2D eigenvalue weighted by atomic mass is 16.5. The van der Waals surface area contributed by atoms with Crippen molar-refractivity contribution in [3.05, 3.63) is 64.3 Å². The van der Waals surface area contributed by atoms with Gasteiger partial charge in [0.15, 0.2) is 17.2 Å². The first kappa shape index (κ1) is 19.3. The van der Waals surface area contributed by atoms with Gasteiger partial charge in [-0.1, -0.05) is 17.3 Å². The quantitative estimate of drug-likeness (QED) is 0.630. The van der Waals surface area contributed by atoms with Crippen molar-refractivity contribution in [3.63, 3.8) is 0 Å². The minimum absolute atomic E-state index is 0.0378. The molecule has 2 aromatic heterocycles. The molecule has 0 aliphatic heterocycles. The van der Waals surface area contributed by atoms with Crippen molar-refractivity contribution in [2.75, 3.05) is 7.05 Å². The van der Waals surface area contributed by atoms with E-state index >= 15 is 0 Å². The van der Waals surface area contributed by atoms with Crippen LogP contribution >= 0.6 is 0 Å². The van der Waals surface area contributed by atoms with E-state index in [1.54, 1.807) is 42.3 Å². The third kappa shape index (κ3) is 4.28. The van der Waals surface area contributed by atoms with Crippen molar-refractivity contribution < 1.29 is 18.8 Å². The summed E-state index contributed by atoms with van der Waals surface area (Å²) in [4.78, 5) is 25.6. The predicted octanol–water partition coefficient (Wildman–Crippen LogP) is 3.07. The van der Waals surface area contributed by atoms with Gasteiger partial charge < -0.3 is 14.2 Å². The molecule has 0 fully saturated rings. The summed E-state index contributed by atoms with van der Waals surface area (Å²) in [5.74, 6) is 0.665. The Hall–Kier alpha value is -3.42. The van der Waals surface area contributed by atoms with Gasteiger partial charge in [0, 0.05) is 36.5 Å². The second kappa shape index (κ2) is 8.08. The molecule has 2 heterocycles. The lowest BCUT2D eigenvalue weighted by molar-refractivity contribution is 0.0774. The molecule has 0 unspecified atom stereocenters. The SMILES string of the molecule is CC(=O)c1cccc(OCc2cc(C(=O)N(C)Cc3c(C)n[nH]c3C)no2)c1. The number of nitrogens with one attached hydrogen (secondary N) is 1. The molecule has 1 amide bonds. The highest BCUT2D eigenvalue weighted by Gasteiger charge is 2.19. The van der Waals surface area contributed by atoms with Crippen LogP contribution in [0.4, 0.5) is 0 Å². The zero-order chi connectivity index (χ0) is 20.3. The summed E-state index contributed by atoms with van der Waals surface area (Å²) < 4.78 is 10.8. The molecular formula is C20H22N4O4. The maximum Gasteiger partial charge on any atom is 0.276 e. The molecule has 146 valence electrons. The molecule has 0 spiro atoms. The number of amides is 1. The van der Waals surface area contributed by atoms with Crippen LogP contribution < -0.4 is 4.74 Å². The largest absolute Gasteiger partial charge is 0.486 e. The summed E-state index contributed by atoms with van der Waals surface area (Å²) >= 11 is 0. The fraction of sp³-hybridized carbons (Fsp3) is 0.300. The molecular weight excluding hydrogens is 360 g/mol. The van der Waals surface area contributed by atoms with Gasteiger partial charge in [0.2, 0.25) is 0 Å². The summed E-state index contributed by atoms with van der Waals surface area (Å²) in [5.41, 5.74) is 3.54. The smallest absolute Gasteiger partial charge is 0.276 e. The van der Waals surface area contributed by atoms with Gasteiger partial charge in [-0.25, -0.2) is 0 Å². The number of hydrogen-bond donors (Lipinski definition) is 1. The number of benzene rings is 1. The Morgan fingerprint density at radius 3 is 2.71 bits per heavy atom. The summed E-state index contributed by atoms with van der Waals surface area (Å²) in [6.07, 6.45) is 0. The zero-order valence-electron chi connectivity index (χ0n) is 16.3. The van der Waals surface area contributed by atoms with Crippen LogP contribution in [0.1, 0.15) is 50.5 Å². The van der Waals surface area contributed by atoms with Gasteiger partial charge in [-0.15, -0.1) is 0 Å². The van der Waals surface area contributed by atoms with Crippen molar-refractivity contribution >= 4 is 11.7 Å². The predicted molar refractivity (Wildman–Crippen MR) is 101 cm³/mol. The minimum Gasteiger partial charge on any atom is -0.486 e. The number of aromatic amines is 1. The second-order valence-electron chi connectivity index (χ2n) is 6.62. The van der Waals surface area contributed by atoms with E-state index in [1.165, 1.54) is 6.92 Å². The van der Waals surface area contributed by atoms with Crippen LogP contribution in [0.3, 0.4) is 0 Å². The molecule has 28 heavy (non-hydrogen) atoms. The molecule has 0 aliphatic carbocycles. The van der Waals surface area contributed by atoms with Crippen molar-refractivity contribution in [1.82, 2.24) is 20.3 Å². The maximum absolute atomic E-state index is 12.6. The third-order valence-corrected chi connectivity index (χ3v) is 4.42. The normalized spacial score (nSPS) is 10.7. The maximum atomic E-state index is 12.6. The van der Waals surface area contributed by atoms with E-state index in [-0.39, 0.29) is 24.0 Å². The number of ketones is 1. The molecule has 1 N–H and O–H groups in total. The molecule has 8 heteroatoms. The van der Waals surface area contributed by atoms with Gasteiger partial charge in [-0.3, -0.25) is 14.7 Å². The van der Waals surface area contributed by atoms with Gasteiger partial charge in [-0.05, 0) is 32.9 Å². The molecule has 0 radical (unpaired) electrons. The number of nitrogens with zero attached hydrogens (tertiary/aromatic N) is 3. The van der Waals surface area contributed by atoms with Crippen LogP contribution in [-0.2, 0) is 13.2 Å². The number of hydrogen-bond acceptors (Lipinski definition) is 6. The summed E-state index contributed by atoms with van der Waals surface area (Å²) in [5, 5.41) is 10.9. The number of rotatable bonds is 7.